The zero-order valence-electron chi connectivity index (χ0n) is 9.77. The lowest BCUT2D eigenvalue weighted by Crippen LogP contribution is -2.25. The van der Waals surface area contributed by atoms with Gasteiger partial charge in [0, 0.05) is 11.6 Å². The first-order chi connectivity index (χ1) is 8.97. The van der Waals surface area contributed by atoms with E-state index in [-0.39, 0.29) is 4.21 Å². The van der Waals surface area contributed by atoms with Gasteiger partial charge >= 0.3 is 0 Å². The topological polar surface area (TPSA) is 46.2 Å². The number of nitrogens with one attached hydrogen (secondary N) is 1. The number of rotatable bonds is 5. The highest BCUT2D eigenvalue weighted by Crippen LogP contribution is 2.25. The molecule has 0 aliphatic rings. The molecule has 0 aliphatic carbocycles. The van der Waals surface area contributed by atoms with Gasteiger partial charge in [-0.3, -0.25) is 0 Å². The number of benzene rings is 1. The van der Waals surface area contributed by atoms with Gasteiger partial charge in [0.15, 0.2) is 0 Å². The average Bonchev–Trinajstić information content (AvgIpc) is 2.79. The van der Waals surface area contributed by atoms with Gasteiger partial charge in [0.1, 0.15) is 4.21 Å². The van der Waals surface area contributed by atoms with Crippen molar-refractivity contribution in [2.75, 3.05) is 6.54 Å². The van der Waals surface area contributed by atoms with Crippen LogP contribution in [0.4, 0.5) is 0 Å². The molecule has 1 heterocycles. The smallest absolute Gasteiger partial charge is 0.210 e. The van der Waals surface area contributed by atoms with Crippen molar-refractivity contribution in [3.63, 3.8) is 0 Å². The van der Waals surface area contributed by atoms with Crippen molar-refractivity contribution in [2.24, 2.45) is 0 Å². The second-order valence-electron chi connectivity index (χ2n) is 3.83. The first-order valence-corrected chi connectivity index (χ1v) is 8.52. The van der Waals surface area contributed by atoms with Crippen molar-refractivity contribution in [1.82, 2.24) is 4.72 Å². The van der Waals surface area contributed by atoms with Crippen molar-refractivity contribution in [1.29, 1.82) is 0 Å². The third-order valence-electron chi connectivity index (χ3n) is 2.43. The molecule has 0 atom stereocenters. The number of hydrogen-bond donors (Lipinski definition) is 1. The summed E-state index contributed by atoms with van der Waals surface area (Å²) in [7, 11) is -3.46. The van der Waals surface area contributed by atoms with Gasteiger partial charge in [-0.1, -0.05) is 35.3 Å². The fraction of sp³-hybridized carbons (Fsp3) is 0.167. The van der Waals surface area contributed by atoms with E-state index >= 15 is 0 Å². The van der Waals surface area contributed by atoms with E-state index in [9.17, 15) is 8.42 Å². The number of sulfonamides is 1. The highest BCUT2D eigenvalue weighted by Gasteiger charge is 2.15. The van der Waals surface area contributed by atoms with Gasteiger partial charge in [0.25, 0.3) is 0 Å². The van der Waals surface area contributed by atoms with Crippen LogP contribution < -0.4 is 4.72 Å². The Hall–Kier alpha value is -0.590. The summed E-state index contributed by atoms with van der Waals surface area (Å²) in [6, 6.07) is 10.4. The monoisotopic (exact) mass is 335 g/mol. The number of hydrogen-bond acceptors (Lipinski definition) is 3. The molecular formula is C12H11Cl2NO2S2. The Balaban J connectivity index is 1.93. The molecule has 2 rings (SSSR count). The standard InChI is InChI=1S/C12H11Cl2NO2S2/c13-10-3-1-9(2-4-10)7-8-15-19(16,17)12-6-5-11(14)18-12/h1-6,15H,7-8H2. The molecule has 3 nitrogen and oxygen atoms in total. The van der Waals surface area contributed by atoms with Crippen LogP contribution in [-0.2, 0) is 16.4 Å². The largest absolute Gasteiger partial charge is 0.250 e. The van der Waals surface area contributed by atoms with Gasteiger partial charge in [-0.2, -0.15) is 0 Å². The lowest BCUT2D eigenvalue weighted by Gasteiger charge is -2.05. The molecule has 0 unspecified atom stereocenters. The lowest BCUT2D eigenvalue weighted by molar-refractivity contribution is 0.584. The maximum absolute atomic E-state index is 11.9. The molecular weight excluding hydrogens is 325 g/mol. The van der Waals surface area contributed by atoms with Crippen LogP contribution in [0.15, 0.2) is 40.6 Å². The van der Waals surface area contributed by atoms with E-state index < -0.39 is 10.0 Å². The van der Waals surface area contributed by atoms with Crippen LogP contribution in [0.25, 0.3) is 0 Å². The molecule has 0 spiro atoms. The molecule has 1 aromatic heterocycles. The summed E-state index contributed by atoms with van der Waals surface area (Å²) < 4.78 is 27.0. The predicted molar refractivity (Wildman–Crippen MR) is 79.7 cm³/mol. The van der Waals surface area contributed by atoms with E-state index in [1.165, 1.54) is 6.07 Å². The summed E-state index contributed by atoms with van der Waals surface area (Å²) in [5, 5.41) is 0.664. The summed E-state index contributed by atoms with van der Waals surface area (Å²) >= 11 is 12.5. The Morgan fingerprint density at radius 2 is 1.74 bits per heavy atom. The molecule has 0 fully saturated rings. The normalized spacial score (nSPS) is 11.7. The van der Waals surface area contributed by atoms with Crippen LogP contribution in [0.2, 0.25) is 9.36 Å². The Kier molecular flexibility index (Phi) is 4.86. The Morgan fingerprint density at radius 3 is 2.32 bits per heavy atom. The van der Waals surface area contributed by atoms with Crippen molar-refractivity contribution >= 4 is 44.6 Å². The van der Waals surface area contributed by atoms with Crippen LogP contribution in [-0.4, -0.2) is 15.0 Å². The minimum Gasteiger partial charge on any atom is -0.210 e. The minimum atomic E-state index is -3.46. The molecule has 1 N–H and O–H groups in total. The molecule has 0 bridgehead atoms. The molecule has 2 aromatic rings. The molecule has 1 aromatic carbocycles. The first kappa shape index (κ1) is 14.8. The van der Waals surface area contributed by atoms with Gasteiger partial charge < -0.3 is 0 Å². The molecule has 0 radical (unpaired) electrons. The zero-order valence-corrected chi connectivity index (χ0v) is 12.9. The van der Waals surface area contributed by atoms with Crippen LogP contribution in [0.1, 0.15) is 5.56 Å². The van der Waals surface area contributed by atoms with Gasteiger partial charge in [0.05, 0.1) is 4.34 Å². The predicted octanol–water partition coefficient (Wildman–Crippen LogP) is 3.58. The van der Waals surface area contributed by atoms with Crippen LogP contribution in [0, 0.1) is 0 Å². The van der Waals surface area contributed by atoms with Gasteiger partial charge in [-0.15, -0.1) is 11.3 Å². The Labute approximate surface area is 126 Å². The van der Waals surface area contributed by atoms with E-state index in [1.807, 2.05) is 12.1 Å². The highest BCUT2D eigenvalue weighted by molar-refractivity contribution is 7.91. The quantitative estimate of drug-likeness (QED) is 0.907. The Morgan fingerprint density at radius 1 is 1.05 bits per heavy atom. The second-order valence-corrected chi connectivity index (χ2v) is 7.98. The molecule has 0 saturated heterocycles. The summed E-state index contributed by atoms with van der Waals surface area (Å²) in [6.45, 7) is 0.333. The first-order valence-electron chi connectivity index (χ1n) is 5.47. The van der Waals surface area contributed by atoms with Gasteiger partial charge in [-0.05, 0) is 36.2 Å². The summed E-state index contributed by atoms with van der Waals surface area (Å²) in [5.74, 6) is 0. The lowest BCUT2D eigenvalue weighted by atomic mass is 10.2. The van der Waals surface area contributed by atoms with E-state index in [4.69, 9.17) is 23.2 Å². The summed E-state index contributed by atoms with van der Waals surface area (Å²) in [4.78, 5) is 0. The van der Waals surface area contributed by atoms with E-state index in [0.29, 0.717) is 22.3 Å². The molecule has 7 heteroatoms. The maximum Gasteiger partial charge on any atom is 0.250 e. The van der Waals surface area contributed by atoms with Crippen molar-refractivity contribution in [2.45, 2.75) is 10.6 Å². The van der Waals surface area contributed by atoms with Crippen LogP contribution >= 0.6 is 34.5 Å². The second kappa shape index (κ2) is 6.24. The molecule has 0 saturated carbocycles. The fourth-order valence-corrected chi connectivity index (χ4v) is 4.18. The SMILES string of the molecule is O=S(=O)(NCCc1ccc(Cl)cc1)c1ccc(Cl)s1. The third kappa shape index (κ3) is 4.19. The zero-order chi connectivity index (χ0) is 13.9. The Bertz CT molecular complexity index is 651. The molecule has 102 valence electrons. The van der Waals surface area contributed by atoms with E-state index in [0.717, 1.165) is 16.9 Å². The molecule has 19 heavy (non-hydrogen) atoms. The minimum absolute atomic E-state index is 0.230. The molecule has 0 aliphatic heterocycles. The van der Waals surface area contributed by atoms with Crippen molar-refractivity contribution in [3.8, 4) is 0 Å². The van der Waals surface area contributed by atoms with Gasteiger partial charge in [0.2, 0.25) is 10.0 Å². The van der Waals surface area contributed by atoms with Crippen LogP contribution in [0.5, 0.6) is 0 Å². The number of thiophene rings is 1. The fourth-order valence-electron chi connectivity index (χ4n) is 1.49. The average molecular weight is 336 g/mol. The molecule has 0 amide bonds. The van der Waals surface area contributed by atoms with Crippen molar-refractivity contribution < 1.29 is 8.42 Å². The third-order valence-corrected chi connectivity index (χ3v) is 5.87. The van der Waals surface area contributed by atoms with Crippen LogP contribution in [0.3, 0.4) is 0 Å². The van der Waals surface area contributed by atoms with E-state index in [1.54, 1.807) is 18.2 Å². The van der Waals surface area contributed by atoms with E-state index in [2.05, 4.69) is 4.72 Å². The van der Waals surface area contributed by atoms with Gasteiger partial charge in [-0.25, -0.2) is 13.1 Å². The summed E-state index contributed by atoms with van der Waals surface area (Å²) in [6.07, 6.45) is 0.607. The maximum atomic E-state index is 11.9. The highest BCUT2D eigenvalue weighted by atomic mass is 35.5. The summed E-state index contributed by atoms with van der Waals surface area (Å²) in [5.41, 5.74) is 1.02. The number of halogens is 2. The van der Waals surface area contributed by atoms with Crippen molar-refractivity contribution in [3.05, 3.63) is 51.3 Å².